The van der Waals surface area contributed by atoms with Gasteiger partial charge in [-0.1, -0.05) is 11.8 Å². The highest BCUT2D eigenvalue weighted by atomic mass is 19.1. The first-order valence-corrected chi connectivity index (χ1v) is 4.67. The van der Waals surface area contributed by atoms with E-state index >= 15 is 0 Å². The van der Waals surface area contributed by atoms with Gasteiger partial charge in [0.25, 0.3) is 0 Å². The van der Waals surface area contributed by atoms with Crippen LogP contribution in [0.4, 0.5) is 8.78 Å². The average Bonchev–Trinajstić information content (AvgIpc) is 2.24. The van der Waals surface area contributed by atoms with E-state index in [1.54, 1.807) is 0 Å². The second-order valence-electron chi connectivity index (χ2n) is 3.14. The zero-order valence-electron chi connectivity index (χ0n) is 8.97. The molecule has 0 radical (unpaired) electrons. The predicted molar refractivity (Wildman–Crippen MR) is 56.6 cm³/mol. The number of nitriles is 1. The summed E-state index contributed by atoms with van der Waals surface area (Å²) >= 11 is 0. The Balaban J connectivity index is 2.87. The molecule has 5 heteroatoms. The molecule has 0 saturated carbocycles. The van der Waals surface area contributed by atoms with Gasteiger partial charge >= 0.3 is 0 Å². The third-order valence-corrected chi connectivity index (χ3v) is 1.81. The summed E-state index contributed by atoms with van der Waals surface area (Å²) < 4.78 is 26.3. The molecule has 0 bridgehead atoms. The van der Waals surface area contributed by atoms with E-state index in [1.165, 1.54) is 13.0 Å². The van der Waals surface area contributed by atoms with Crippen molar-refractivity contribution in [2.24, 2.45) is 0 Å². The molecule has 0 fully saturated rings. The van der Waals surface area contributed by atoms with Crippen molar-refractivity contribution in [1.29, 1.82) is 5.26 Å². The number of carbonyl (C=O) groups is 1. The maximum Gasteiger partial charge on any atom is 0.217 e. The van der Waals surface area contributed by atoms with Crippen molar-refractivity contribution >= 4 is 5.91 Å². The van der Waals surface area contributed by atoms with E-state index in [-0.39, 0.29) is 18.0 Å². The number of benzene rings is 1. The zero-order valence-corrected chi connectivity index (χ0v) is 8.97. The number of hydrogen-bond donors (Lipinski definition) is 1. The van der Waals surface area contributed by atoms with Crippen LogP contribution in [0, 0.1) is 34.8 Å². The SMILES string of the molecule is CC(=O)NCC#Cc1cc(F)c(C#N)c(F)c1. The fraction of sp³-hybridized carbons (Fsp3) is 0.167. The van der Waals surface area contributed by atoms with Gasteiger partial charge in [-0.15, -0.1) is 0 Å². The molecule has 3 nitrogen and oxygen atoms in total. The van der Waals surface area contributed by atoms with Gasteiger partial charge < -0.3 is 5.32 Å². The molecule has 1 aromatic carbocycles. The van der Waals surface area contributed by atoms with Crippen molar-refractivity contribution in [3.63, 3.8) is 0 Å². The van der Waals surface area contributed by atoms with Crippen LogP contribution in [0.5, 0.6) is 0 Å². The van der Waals surface area contributed by atoms with Crippen LogP contribution in [-0.2, 0) is 4.79 Å². The van der Waals surface area contributed by atoms with E-state index < -0.39 is 17.2 Å². The summed E-state index contributed by atoms with van der Waals surface area (Å²) in [6.07, 6.45) is 0. The van der Waals surface area contributed by atoms with Gasteiger partial charge in [-0.25, -0.2) is 8.78 Å². The summed E-state index contributed by atoms with van der Waals surface area (Å²) in [6, 6.07) is 3.37. The molecule has 17 heavy (non-hydrogen) atoms. The summed E-state index contributed by atoms with van der Waals surface area (Å²) in [4.78, 5) is 10.5. The van der Waals surface area contributed by atoms with Crippen LogP contribution in [0.1, 0.15) is 18.1 Å². The van der Waals surface area contributed by atoms with Crippen LogP contribution < -0.4 is 5.32 Å². The third kappa shape index (κ3) is 3.58. The lowest BCUT2D eigenvalue weighted by Gasteiger charge is -1.97. The second-order valence-corrected chi connectivity index (χ2v) is 3.14. The molecule has 1 N–H and O–H groups in total. The largest absolute Gasteiger partial charge is 0.345 e. The molecule has 0 unspecified atom stereocenters. The first-order valence-electron chi connectivity index (χ1n) is 4.67. The molecule has 0 aliphatic rings. The van der Waals surface area contributed by atoms with Gasteiger partial charge in [0.2, 0.25) is 5.91 Å². The minimum atomic E-state index is -0.948. The van der Waals surface area contributed by atoms with Crippen LogP contribution >= 0.6 is 0 Å². The Morgan fingerprint density at radius 1 is 1.41 bits per heavy atom. The normalized spacial score (nSPS) is 8.82. The molecule has 0 atom stereocenters. The van der Waals surface area contributed by atoms with E-state index in [0.29, 0.717) is 0 Å². The van der Waals surface area contributed by atoms with Gasteiger partial charge in [-0.2, -0.15) is 5.26 Å². The maximum atomic E-state index is 13.1. The van der Waals surface area contributed by atoms with Crippen molar-refractivity contribution in [3.05, 3.63) is 34.9 Å². The minimum absolute atomic E-state index is 0.0958. The molecule has 0 aliphatic heterocycles. The average molecular weight is 234 g/mol. The summed E-state index contributed by atoms with van der Waals surface area (Å²) in [5.41, 5.74) is -0.512. The zero-order chi connectivity index (χ0) is 12.8. The Kier molecular flexibility index (Phi) is 4.19. The van der Waals surface area contributed by atoms with Crippen LogP contribution in [0.25, 0.3) is 0 Å². The lowest BCUT2D eigenvalue weighted by molar-refractivity contribution is -0.118. The fourth-order valence-electron chi connectivity index (χ4n) is 1.07. The highest BCUT2D eigenvalue weighted by Gasteiger charge is 2.09. The number of hydrogen-bond acceptors (Lipinski definition) is 2. The molecule has 1 aromatic rings. The lowest BCUT2D eigenvalue weighted by Crippen LogP contribution is -2.19. The van der Waals surface area contributed by atoms with Crippen LogP contribution in [0.15, 0.2) is 12.1 Å². The Morgan fingerprint density at radius 2 is 2.00 bits per heavy atom. The van der Waals surface area contributed by atoms with Gasteiger partial charge in [0.05, 0.1) is 6.54 Å². The van der Waals surface area contributed by atoms with Crippen molar-refractivity contribution in [2.45, 2.75) is 6.92 Å². The Labute approximate surface area is 97.1 Å². The molecule has 0 heterocycles. The molecule has 0 saturated heterocycles. The van der Waals surface area contributed by atoms with Gasteiger partial charge in [-0.3, -0.25) is 4.79 Å². The van der Waals surface area contributed by atoms with Crippen LogP contribution in [0.3, 0.4) is 0 Å². The summed E-state index contributed by atoms with van der Waals surface area (Å²) in [5.74, 6) is 2.87. The smallest absolute Gasteiger partial charge is 0.217 e. The third-order valence-electron chi connectivity index (χ3n) is 1.81. The summed E-state index contributed by atoms with van der Waals surface area (Å²) in [5, 5.41) is 10.9. The lowest BCUT2D eigenvalue weighted by atomic mass is 10.1. The Morgan fingerprint density at radius 3 is 2.47 bits per heavy atom. The summed E-state index contributed by atoms with van der Waals surface area (Å²) in [7, 11) is 0. The Hall–Kier alpha value is -2.40. The molecule has 0 aromatic heterocycles. The molecular formula is C12H8F2N2O. The number of amides is 1. The highest BCUT2D eigenvalue weighted by Crippen LogP contribution is 2.13. The molecule has 0 spiro atoms. The van der Waals surface area contributed by atoms with E-state index in [4.69, 9.17) is 5.26 Å². The number of nitrogens with zero attached hydrogens (tertiary/aromatic N) is 1. The van der Waals surface area contributed by atoms with Crippen molar-refractivity contribution in [3.8, 4) is 17.9 Å². The van der Waals surface area contributed by atoms with Gasteiger partial charge in [0.1, 0.15) is 23.3 Å². The van der Waals surface area contributed by atoms with Gasteiger partial charge in [-0.05, 0) is 12.1 Å². The molecular weight excluding hydrogens is 226 g/mol. The molecule has 1 rings (SSSR count). The number of nitrogens with one attached hydrogen (secondary N) is 1. The van der Waals surface area contributed by atoms with Crippen LogP contribution in [0.2, 0.25) is 0 Å². The van der Waals surface area contributed by atoms with Crippen LogP contribution in [-0.4, -0.2) is 12.5 Å². The van der Waals surface area contributed by atoms with E-state index in [9.17, 15) is 13.6 Å². The first-order chi connectivity index (χ1) is 8.04. The Bertz CT molecular complexity index is 527. The van der Waals surface area contributed by atoms with Crippen molar-refractivity contribution < 1.29 is 13.6 Å². The van der Waals surface area contributed by atoms with E-state index in [0.717, 1.165) is 12.1 Å². The predicted octanol–water partition coefficient (Wildman–Crippen LogP) is 1.32. The number of carbonyl (C=O) groups excluding carboxylic acids is 1. The van der Waals surface area contributed by atoms with Gasteiger partial charge in [0.15, 0.2) is 0 Å². The second kappa shape index (κ2) is 5.62. The number of rotatable bonds is 1. The molecule has 0 aliphatic carbocycles. The van der Waals surface area contributed by atoms with E-state index in [1.807, 2.05) is 0 Å². The monoisotopic (exact) mass is 234 g/mol. The number of halogens is 2. The molecule has 1 amide bonds. The first kappa shape index (κ1) is 12.7. The summed E-state index contributed by atoms with van der Waals surface area (Å²) in [6.45, 7) is 1.43. The maximum absolute atomic E-state index is 13.1. The van der Waals surface area contributed by atoms with Gasteiger partial charge in [0, 0.05) is 12.5 Å². The quantitative estimate of drug-likeness (QED) is 0.745. The minimum Gasteiger partial charge on any atom is -0.345 e. The van der Waals surface area contributed by atoms with E-state index in [2.05, 4.69) is 17.2 Å². The molecule has 86 valence electrons. The van der Waals surface area contributed by atoms with Crippen molar-refractivity contribution in [1.82, 2.24) is 5.32 Å². The fourth-order valence-corrected chi connectivity index (χ4v) is 1.07. The highest BCUT2D eigenvalue weighted by molar-refractivity contribution is 5.73. The standard InChI is InChI=1S/C12H8F2N2O/c1-8(17)16-4-2-3-9-5-11(13)10(7-15)12(14)6-9/h5-6H,4H2,1H3,(H,16,17). The van der Waals surface area contributed by atoms with Crippen molar-refractivity contribution in [2.75, 3.05) is 6.54 Å². The topological polar surface area (TPSA) is 52.9 Å².